The van der Waals surface area contributed by atoms with Gasteiger partial charge in [-0.15, -0.1) is 0 Å². The molecule has 0 radical (unpaired) electrons. The van der Waals surface area contributed by atoms with Crippen LogP contribution in [0.4, 0.5) is 0 Å². The number of nitrogens with zero attached hydrogens (tertiary/aromatic N) is 1. The van der Waals surface area contributed by atoms with Gasteiger partial charge in [-0.2, -0.15) is 0 Å². The molecule has 88 valence electrons. The molecule has 16 heavy (non-hydrogen) atoms. The molecule has 3 aliphatic rings. The first kappa shape index (κ1) is 10.6. The number of likely N-dealkylation sites (tertiary alicyclic amines) is 1. The molecule has 0 aromatic heterocycles. The van der Waals surface area contributed by atoms with Gasteiger partial charge >= 0.3 is 0 Å². The molecule has 1 unspecified atom stereocenters. The van der Waals surface area contributed by atoms with E-state index in [0.29, 0.717) is 5.41 Å². The Morgan fingerprint density at radius 1 is 1.25 bits per heavy atom. The van der Waals surface area contributed by atoms with Gasteiger partial charge in [0.1, 0.15) is 0 Å². The van der Waals surface area contributed by atoms with Crippen LogP contribution in [-0.2, 0) is 0 Å². The maximum Gasteiger partial charge on any atom is -0.00133 e. The lowest BCUT2D eigenvalue weighted by Crippen LogP contribution is -2.37. The first-order chi connectivity index (χ1) is 7.70. The molecule has 0 aromatic carbocycles. The molecule has 2 aliphatic carbocycles. The van der Waals surface area contributed by atoms with Gasteiger partial charge in [0.2, 0.25) is 0 Å². The standard InChI is InChI=1S/C15H23N/c1-12-3-4-14-13(11-12)5-6-15(14)7-9-16(2)10-8-15/h3-4,12H,5-11H2,1-2H3. The monoisotopic (exact) mass is 217 g/mol. The van der Waals surface area contributed by atoms with Crippen LogP contribution in [0.25, 0.3) is 0 Å². The van der Waals surface area contributed by atoms with Crippen molar-refractivity contribution >= 4 is 0 Å². The Hall–Kier alpha value is -0.560. The van der Waals surface area contributed by atoms with Crippen LogP contribution in [0.1, 0.15) is 39.0 Å². The molecule has 3 rings (SSSR count). The summed E-state index contributed by atoms with van der Waals surface area (Å²) in [5.41, 5.74) is 4.12. The maximum atomic E-state index is 2.49. The van der Waals surface area contributed by atoms with Crippen LogP contribution in [-0.4, -0.2) is 25.0 Å². The highest BCUT2D eigenvalue weighted by molar-refractivity contribution is 5.40. The largest absolute Gasteiger partial charge is 0.306 e. The number of piperidine rings is 1. The summed E-state index contributed by atoms with van der Waals surface area (Å²) in [6, 6.07) is 0. The van der Waals surface area contributed by atoms with Crippen molar-refractivity contribution in [2.75, 3.05) is 20.1 Å². The van der Waals surface area contributed by atoms with E-state index in [1.54, 1.807) is 11.1 Å². The average Bonchev–Trinajstić information content (AvgIpc) is 2.62. The van der Waals surface area contributed by atoms with E-state index in [1.165, 1.54) is 45.2 Å². The maximum absolute atomic E-state index is 2.49. The third-order valence-electron chi connectivity index (χ3n) is 4.96. The molecule has 0 amide bonds. The molecule has 1 heterocycles. The van der Waals surface area contributed by atoms with E-state index in [-0.39, 0.29) is 0 Å². The van der Waals surface area contributed by atoms with Gasteiger partial charge in [-0.1, -0.05) is 24.6 Å². The third kappa shape index (κ3) is 1.57. The fourth-order valence-corrected chi connectivity index (χ4v) is 3.82. The molecule has 1 aliphatic heterocycles. The summed E-state index contributed by atoms with van der Waals surface area (Å²) in [6.07, 6.45) is 11.8. The van der Waals surface area contributed by atoms with Gasteiger partial charge in [-0.25, -0.2) is 0 Å². The van der Waals surface area contributed by atoms with E-state index < -0.39 is 0 Å². The van der Waals surface area contributed by atoms with E-state index in [1.807, 2.05) is 0 Å². The van der Waals surface area contributed by atoms with E-state index in [9.17, 15) is 0 Å². The zero-order valence-electron chi connectivity index (χ0n) is 10.6. The Kier molecular flexibility index (Phi) is 2.47. The number of allylic oxidation sites excluding steroid dienone is 4. The summed E-state index contributed by atoms with van der Waals surface area (Å²) in [7, 11) is 2.26. The Balaban J connectivity index is 1.86. The second-order valence-electron chi connectivity index (χ2n) is 6.14. The lowest BCUT2D eigenvalue weighted by atomic mass is 9.72. The van der Waals surface area contributed by atoms with Gasteiger partial charge in [-0.05, 0) is 69.1 Å². The normalized spacial score (nSPS) is 33.5. The van der Waals surface area contributed by atoms with Crippen molar-refractivity contribution in [1.82, 2.24) is 4.90 Å². The van der Waals surface area contributed by atoms with Crippen molar-refractivity contribution in [1.29, 1.82) is 0 Å². The molecule has 0 bridgehead atoms. The molecule has 1 spiro atoms. The fraction of sp³-hybridized carbons (Fsp3) is 0.733. The van der Waals surface area contributed by atoms with Crippen molar-refractivity contribution in [3.05, 3.63) is 23.3 Å². The molecule has 1 fully saturated rings. The molecule has 0 aromatic rings. The van der Waals surface area contributed by atoms with Gasteiger partial charge < -0.3 is 4.90 Å². The van der Waals surface area contributed by atoms with Crippen molar-refractivity contribution < 1.29 is 0 Å². The fourth-order valence-electron chi connectivity index (χ4n) is 3.82. The predicted molar refractivity (Wildman–Crippen MR) is 68.3 cm³/mol. The van der Waals surface area contributed by atoms with Crippen LogP contribution in [0, 0.1) is 11.3 Å². The van der Waals surface area contributed by atoms with Gasteiger partial charge in [0, 0.05) is 0 Å². The van der Waals surface area contributed by atoms with Crippen molar-refractivity contribution in [3.63, 3.8) is 0 Å². The minimum Gasteiger partial charge on any atom is -0.306 e. The predicted octanol–water partition coefficient (Wildman–Crippen LogP) is 3.38. The van der Waals surface area contributed by atoms with Crippen LogP contribution in [0.2, 0.25) is 0 Å². The lowest BCUT2D eigenvalue weighted by molar-refractivity contribution is 0.157. The zero-order chi connectivity index (χ0) is 11.2. The molecule has 1 heteroatoms. The zero-order valence-corrected chi connectivity index (χ0v) is 10.6. The highest BCUT2D eigenvalue weighted by Crippen LogP contribution is 2.53. The molecule has 1 saturated heterocycles. The van der Waals surface area contributed by atoms with Crippen molar-refractivity contribution in [2.24, 2.45) is 11.3 Å². The molecular weight excluding hydrogens is 194 g/mol. The second-order valence-corrected chi connectivity index (χ2v) is 6.14. The molecule has 1 atom stereocenters. The minimum atomic E-state index is 0.582. The summed E-state index contributed by atoms with van der Waals surface area (Å²) in [6.45, 7) is 4.93. The Bertz CT molecular complexity index is 342. The first-order valence-electron chi connectivity index (χ1n) is 6.79. The van der Waals surface area contributed by atoms with E-state index >= 15 is 0 Å². The summed E-state index contributed by atoms with van der Waals surface area (Å²) < 4.78 is 0. The summed E-state index contributed by atoms with van der Waals surface area (Å²) in [5.74, 6) is 0.778. The molecular formula is C15H23N. The summed E-state index contributed by atoms with van der Waals surface area (Å²) in [4.78, 5) is 2.49. The first-order valence-corrected chi connectivity index (χ1v) is 6.79. The van der Waals surface area contributed by atoms with E-state index in [2.05, 4.69) is 31.0 Å². The van der Waals surface area contributed by atoms with Crippen molar-refractivity contribution in [3.8, 4) is 0 Å². The average molecular weight is 217 g/mol. The van der Waals surface area contributed by atoms with Crippen LogP contribution in [0.5, 0.6) is 0 Å². The van der Waals surface area contributed by atoms with Crippen LogP contribution >= 0.6 is 0 Å². The second kappa shape index (κ2) is 3.73. The Morgan fingerprint density at radius 3 is 2.75 bits per heavy atom. The topological polar surface area (TPSA) is 3.24 Å². The summed E-state index contributed by atoms with van der Waals surface area (Å²) >= 11 is 0. The lowest BCUT2D eigenvalue weighted by Gasteiger charge is -2.40. The van der Waals surface area contributed by atoms with Gasteiger partial charge in [0.25, 0.3) is 0 Å². The van der Waals surface area contributed by atoms with E-state index in [0.717, 1.165) is 5.92 Å². The van der Waals surface area contributed by atoms with E-state index in [4.69, 9.17) is 0 Å². The summed E-state index contributed by atoms with van der Waals surface area (Å²) in [5, 5.41) is 0. The molecule has 0 N–H and O–H groups in total. The number of rotatable bonds is 0. The highest BCUT2D eigenvalue weighted by atomic mass is 15.1. The smallest absolute Gasteiger partial charge is 0.00133 e. The van der Waals surface area contributed by atoms with Crippen LogP contribution in [0.3, 0.4) is 0 Å². The number of fused-ring (bicyclic) bond motifs is 1. The minimum absolute atomic E-state index is 0.582. The quantitative estimate of drug-likeness (QED) is 0.601. The number of hydrogen-bond acceptors (Lipinski definition) is 1. The van der Waals surface area contributed by atoms with Crippen LogP contribution in [0.15, 0.2) is 23.3 Å². The Morgan fingerprint density at radius 2 is 2.00 bits per heavy atom. The third-order valence-corrected chi connectivity index (χ3v) is 4.96. The van der Waals surface area contributed by atoms with Gasteiger partial charge in [0.15, 0.2) is 0 Å². The number of hydrogen-bond donors (Lipinski definition) is 0. The van der Waals surface area contributed by atoms with Gasteiger partial charge in [0.05, 0.1) is 0 Å². The molecule has 1 nitrogen and oxygen atoms in total. The Labute approximate surface area is 99.2 Å². The van der Waals surface area contributed by atoms with Gasteiger partial charge in [-0.3, -0.25) is 0 Å². The van der Waals surface area contributed by atoms with Crippen LogP contribution < -0.4 is 0 Å². The SMILES string of the molecule is CC1C=CC2=C(CCC23CCN(C)CC3)C1. The molecule has 0 saturated carbocycles. The highest BCUT2D eigenvalue weighted by Gasteiger charge is 2.41. The van der Waals surface area contributed by atoms with Crippen molar-refractivity contribution in [2.45, 2.75) is 39.0 Å².